The molecule has 2 aromatic carbocycles. The van der Waals surface area contributed by atoms with Crippen molar-refractivity contribution >= 4 is 22.0 Å². The molecule has 0 N–H and O–H groups in total. The Balaban J connectivity index is 1.49. The predicted octanol–water partition coefficient (Wildman–Crippen LogP) is 6.97. The Bertz CT molecular complexity index is 1070. The van der Waals surface area contributed by atoms with E-state index in [1.165, 1.54) is 58.9 Å². The van der Waals surface area contributed by atoms with Crippen LogP contribution >= 0.6 is 0 Å². The highest BCUT2D eigenvalue weighted by Crippen LogP contribution is 2.37. The molecule has 27 heavy (non-hydrogen) atoms. The van der Waals surface area contributed by atoms with Crippen LogP contribution in [-0.2, 0) is 12.8 Å². The quantitative estimate of drug-likeness (QED) is 0.479. The maximum absolute atomic E-state index is 2.42. The Hall–Kier alpha value is -2.54. The summed E-state index contributed by atoms with van der Waals surface area (Å²) < 4.78 is 2.35. The third-order valence-electron chi connectivity index (χ3n) is 6.23. The van der Waals surface area contributed by atoms with Gasteiger partial charge in [-0.15, -0.1) is 0 Å². The molecule has 1 nitrogen and oxygen atoms in total. The zero-order chi connectivity index (χ0) is 18.4. The van der Waals surface area contributed by atoms with Crippen molar-refractivity contribution in [1.82, 2.24) is 4.57 Å². The van der Waals surface area contributed by atoms with Crippen LogP contribution in [0.25, 0.3) is 22.0 Å². The lowest BCUT2D eigenvalue weighted by atomic mass is 9.86. The summed E-state index contributed by atoms with van der Waals surface area (Å²) >= 11 is 0. The van der Waals surface area contributed by atoms with Gasteiger partial charge in [0.05, 0.1) is 0 Å². The lowest BCUT2D eigenvalue weighted by Crippen LogP contribution is -2.05. The second-order valence-electron chi connectivity index (χ2n) is 8.27. The van der Waals surface area contributed by atoms with Gasteiger partial charge in [0.15, 0.2) is 0 Å². The van der Waals surface area contributed by atoms with Crippen LogP contribution in [0.5, 0.6) is 0 Å². The van der Waals surface area contributed by atoms with Gasteiger partial charge in [0.1, 0.15) is 0 Å². The highest BCUT2D eigenvalue weighted by Gasteiger charge is 2.18. The summed E-state index contributed by atoms with van der Waals surface area (Å²) in [6.45, 7) is 4.48. The van der Waals surface area contributed by atoms with Crippen LogP contribution < -0.4 is 0 Å². The van der Waals surface area contributed by atoms with Crippen LogP contribution in [0.4, 0.5) is 0 Å². The van der Waals surface area contributed by atoms with Crippen molar-refractivity contribution in [3.63, 3.8) is 0 Å². The van der Waals surface area contributed by atoms with E-state index in [1.54, 1.807) is 11.1 Å². The summed E-state index contributed by atoms with van der Waals surface area (Å²) in [6.07, 6.45) is 13.2. The fourth-order valence-corrected chi connectivity index (χ4v) is 4.78. The summed E-state index contributed by atoms with van der Waals surface area (Å²) in [5, 5.41) is 1.34. The zero-order valence-electron chi connectivity index (χ0n) is 16.3. The summed E-state index contributed by atoms with van der Waals surface area (Å²) in [6, 6.07) is 16.6. The number of hydrogen-bond acceptors (Lipinski definition) is 0. The molecule has 1 heteroatoms. The first kappa shape index (κ1) is 16.6. The Morgan fingerprint density at radius 2 is 1.85 bits per heavy atom. The van der Waals surface area contributed by atoms with E-state index >= 15 is 0 Å². The summed E-state index contributed by atoms with van der Waals surface area (Å²) in [7, 11) is 0. The molecular weight excluding hydrogens is 326 g/mol. The Morgan fingerprint density at radius 1 is 0.963 bits per heavy atom. The van der Waals surface area contributed by atoms with Gasteiger partial charge in [-0.3, -0.25) is 0 Å². The molecule has 2 aliphatic rings. The second-order valence-corrected chi connectivity index (χ2v) is 8.27. The monoisotopic (exact) mass is 353 g/mol. The van der Waals surface area contributed by atoms with Gasteiger partial charge in [-0.05, 0) is 97.6 Å². The van der Waals surface area contributed by atoms with Crippen molar-refractivity contribution in [2.24, 2.45) is 0 Å². The van der Waals surface area contributed by atoms with Crippen LogP contribution in [0.2, 0.25) is 0 Å². The lowest BCUT2D eigenvalue weighted by molar-refractivity contribution is 0.623. The van der Waals surface area contributed by atoms with Crippen molar-refractivity contribution in [3.8, 4) is 0 Å². The minimum absolute atomic E-state index is 0.497. The summed E-state index contributed by atoms with van der Waals surface area (Å²) in [5.41, 5.74) is 10.2. The molecule has 3 aromatic rings. The molecule has 0 atom stereocenters. The smallest absolute Gasteiger partial charge is 0.0483 e. The van der Waals surface area contributed by atoms with E-state index in [0.29, 0.717) is 6.04 Å². The van der Waals surface area contributed by atoms with Crippen molar-refractivity contribution in [2.75, 3.05) is 0 Å². The zero-order valence-corrected chi connectivity index (χ0v) is 16.3. The van der Waals surface area contributed by atoms with Gasteiger partial charge in [0, 0.05) is 23.1 Å². The predicted molar refractivity (Wildman–Crippen MR) is 116 cm³/mol. The average Bonchev–Trinajstić information content (AvgIpc) is 3.34. The number of fused-ring (bicyclic) bond motifs is 2. The molecule has 0 radical (unpaired) electrons. The molecule has 0 fully saturated rings. The molecule has 0 amide bonds. The number of benzene rings is 2. The van der Waals surface area contributed by atoms with E-state index in [-0.39, 0.29) is 0 Å². The van der Waals surface area contributed by atoms with Crippen LogP contribution in [-0.4, -0.2) is 4.57 Å². The van der Waals surface area contributed by atoms with E-state index < -0.39 is 0 Å². The maximum Gasteiger partial charge on any atom is 0.0483 e. The van der Waals surface area contributed by atoms with Gasteiger partial charge in [0.2, 0.25) is 0 Å². The number of aromatic nitrogens is 1. The fraction of sp³-hybridized carbons (Fsp3) is 0.308. The van der Waals surface area contributed by atoms with Gasteiger partial charge < -0.3 is 4.57 Å². The first-order valence-electron chi connectivity index (χ1n) is 10.3. The molecule has 136 valence electrons. The number of nitrogens with zero attached hydrogens (tertiary/aromatic N) is 1. The molecule has 1 aromatic heterocycles. The second kappa shape index (κ2) is 6.56. The third-order valence-corrected chi connectivity index (χ3v) is 6.23. The van der Waals surface area contributed by atoms with Crippen molar-refractivity contribution in [1.29, 1.82) is 0 Å². The molecule has 5 rings (SSSR count). The Morgan fingerprint density at radius 3 is 2.74 bits per heavy atom. The Labute approximate surface area is 162 Å². The first-order chi connectivity index (χ1) is 13.2. The van der Waals surface area contributed by atoms with Gasteiger partial charge in [-0.1, -0.05) is 36.4 Å². The molecule has 0 saturated heterocycles. The van der Waals surface area contributed by atoms with E-state index in [0.717, 1.165) is 6.42 Å². The molecule has 0 aliphatic heterocycles. The van der Waals surface area contributed by atoms with Crippen LogP contribution in [0, 0.1) is 0 Å². The first-order valence-corrected chi connectivity index (χ1v) is 10.3. The number of rotatable bonds is 3. The highest BCUT2D eigenvalue weighted by atomic mass is 15.0. The van der Waals surface area contributed by atoms with Crippen LogP contribution in [0.15, 0.2) is 60.8 Å². The maximum atomic E-state index is 2.42. The van der Waals surface area contributed by atoms with E-state index in [1.807, 2.05) is 0 Å². The standard InChI is InChI=1S/C26H27N/c1-18(2)27-15-14-23-17-21(12-13-26(23)27)20-10-11-22(16-20)25-9-5-7-19-6-3-4-8-24(19)25/h5,7,9,11-18H,3-4,6,8,10H2,1-2H3. The number of aryl methyl sites for hydroxylation is 1. The lowest BCUT2D eigenvalue weighted by Gasteiger charge is -2.19. The highest BCUT2D eigenvalue weighted by molar-refractivity contribution is 5.93. The van der Waals surface area contributed by atoms with Gasteiger partial charge >= 0.3 is 0 Å². The fourth-order valence-electron chi connectivity index (χ4n) is 4.78. The van der Waals surface area contributed by atoms with E-state index in [4.69, 9.17) is 0 Å². The third kappa shape index (κ3) is 2.86. The number of allylic oxidation sites excluding steroid dienone is 4. The van der Waals surface area contributed by atoms with E-state index in [9.17, 15) is 0 Å². The van der Waals surface area contributed by atoms with Crippen molar-refractivity contribution in [3.05, 3.63) is 83.1 Å². The van der Waals surface area contributed by atoms with Gasteiger partial charge in [-0.2, -0.15) is 0 Å². The van der Waals surface area contributed by atoms with Crippen molar-refractivity contribution < 1.29 is 0 Å². The Kier molecular flexibility index (Phi) is 4.04. The summed E-state index contributed by atoms with van der Waals surface area (Å²) in [5.74, 6) is 0. The minimum atomic E-state index is 0.497. The minimum Gasteiger partial charge on any atom is -0.345 e. The topological polar surface area (TPSA) is 4.93 Å². The van der Waals surface area contributed by atoms with Gasteiger partial charge in [-0.25, -0.2) is 0 Å². The van der Waals surface area contributed by atoms with Crippen LogP contribution in [0.1, 0.15) is 61.4 Å². The normalized spacial score (nSPS) is 16.6. The van der Waals surface area contributed by atoms with Crippen LogP contribution in [0.3, 0.4) is 0 Å². The molecule has 0 spiro atoms. The number of hydrogen-bond donors (Lipinski definition) is 0. The molecule has 2 aliphatic carbocycles. The molecule has 0 bridgehead atoms. The average molecular weight is 354 g/mol. The molecule has 0 unspecified atom stereocenters. The van der Waals surface area contributed by atoms with Crippen molar-refractivity contribution in [2.45, 2.75) is 52.0 Å². The molecule has 1 heterocycles. The molecular formula is C26H27N. The SMILES string of the molecule is CC(C)n1ccc2cc(C3=CC(c4cccc5c4CCCC5)=CC3)ccc21. The largest absolute Gasteiger partial charge is 0.345 e. The summed E-state index contributed by atoms with van der Waals surface area (Å²) in [4.78, 5) is 0. The molecule has 0 saturated carbocycles. The van der Waals surface area contributed by atoms with E-state index in [2.05, 4.69) is 79.2 Å². The van der Waals surface area contributed by atoms with Gasteiger partial charge in [0.25, 0.3) is 0 Å².